The first-order chi connectivity index (χ1) is 11.6. The normalized spacial score (nSPS) is 13.5. The number of aryl methyl sites for hydroxylation is 2. The van der Waals surface area contributed by atoms with Crippen molar-refractivity contribution in [2.24, 2.45) is 0 Å². The standard InChI is InChI=1S/C24H26/c1-17-15-23(19(3)21-11-7-5-8-12-21)16-18(2)24(17)20(4)22-13-9-6-10-14-22/h5-16,19-20H,1-4H3. The summed E-state index contributed by atoms with van der Waals surface area (Å²) in [7, 11) is 0. The van der Waals surface area contributed by atoms with Crippen LogP contribution in [0.5, 0.6) is 0 Å². The van der Waals surface area contributed by atoms with Crippen LogP contribution in [0.3, 0.4) is 0 Å². The van der Waals surface area contributed by atoms with Crippen molar-refractivity contribution in [3.05, 3.63) is 106 Å². The third-order valence-corrected chi connectivity index (χ3v) is 5.15. The van der Waals surface area contributed by atoms with Gasteiger partial charge in [-0.15, -0.1) is 0 Å². The fourth-order valence-electron chi connectivity index (χ4n) is 3.78. The van der Waals surface area contributed by atoms with Gasteiger partial charge < -0.3 is 0 Å². The predicted octanol–water partition coefficient (Wildman–Crippen LogP) is 6.61. The van der Waals surface area contributed by atoms with Crippen LogP contribution < -0.4 is 0 Å². The average molecular weight is 314 g/mol. The molecule has 0 saturated carbocycles. The van der Waals surface area contributed by atoms with Gasteiger partial charge in [0.15, 0.2) is 0 Å². The summed E-state index contributed by atoms with van der Waals surface area (Å²) < 4.78 is 0. The van der Waals surface area contributed by atoms with Crippen LogP contribution >= 0.6 is 0 Å². The molecule has 2 atom stereocenters. The number of rotatable bonds is 4. The van der Waals surface area contributed by atoms with E-state index in [0.717, 1.165) is 0 Å². The second-order valence-corrected chi connectivity index (χ2v) is 6.83. The van der Waals surface area contributed by atoms with Crippen LogP contribution in [0.1, 0.15) is 59.1 Å². The molecule has 0 aliphatic carbocycles. The molecular weight excluding hydrogens is 288 g/mol. The zero-order valence-corrected chi connectivity index (χ0v) is 15.1. The maximum atomic E-state index is 2.37. The Kier molecular flexibility index (Phi) is 4.85. The van der Waals surface area contributed by atoms with Crippen molar-refractivity contribution >= 4 is 0 Å². The summed E-state index contributed by atoms with van der Waals surface area (Å²) >= 11 is 0. The van der Waals surface area contributed by atoms with Crippen molar-refractivity contribution in [1.82, 2.24) is 0 Å². The SMILES string of the molecule is Cc1cc(C(C)c2ccccc2)cc(C)c1C(C)c1ccccc1. The van der Waals surface area contributed by atoms with E-state index in [-0.39, 0.29) is 0 Å². The van der Waals surface area contributed by atoms with Gasteiger partial charge in [0.1, 0.15) is 0 Å². The minimum atomic E-state index is 0.421. The van der Waals surface area contributed by atoms with E-state index < -0.39 is 0 Å². The predicted molar refractivity (Wildman–Crippen MR) is 104 cm³/mol. The van der Waals surface area contributed by atoms with E-state index in [1.54, 1.807) is 0 Å². The summed E-state index contributed by atoms with van der Waals surface area (Å²) in [5.41, 5.74) is 8.41. The Hall–Kier alpha value is -2.34. The van der Waals surface area contributed by atoms with Gasteiger partial charge in [0.05, 0.1) is 0 Å². The topological polar surface area (TPSA) is 0 Å². The molecule has 0 heterocycles. The molecule has 122 valence electrons. The molecule has 0 saturated heterocycles. The number of hydrogen-bond donors (Lipinski definition) is 0. The molecule has 0 amide bonds. The van der Waals surface area contributed by atoms with Gasteiger partial charge in [-0.25, -0.2) is 0 Å². The van der Waals surface area contributed by atoms with Gasteiger partial charge in [-0.2, -0.15) is 0 Å². The lowest BCUT2D eigenvalue weighted by molar-refractivity contribution is 0.875. The Morgan fingerprint density at radius 1 is 0.542 bits per heavy atom. The monoisotopic (exact) mass is 314 g/mol. The van der Waals surface area contributed by atoms with Crippen molar-refractivity contribution in [3.63, 3.8) is 0 Å². The molecule has 0 nitrogen and oxygen atoms in total. The first kappa shape index (κ1) is 16.5. The van der Waals surface area contributed by atoms with Crippen molar-refractivity contribution < 1.29 is 0 Å². The average Bonchev–Trinajstić information content (AvgIpc) is 2.61. The lowest BCUT2D eigenvalue weighted by Crippen LogP contribution is -2.05. The first-order valence-corrected chi connectivity index (χ1v) is 8.79. The highest BCUT2D eigenvalue weighted by Gasteiger charge is 2.16. The Balaban J connectivity index is 1.98. The Morgan fingerprint density at radius 3 is 1.42 bits per heavy atom. The molecule has 0 spiro atoms. The molecule has 0 N–H and O–H groups in total. The molecular formula is C24H26. The van der Waals surface area contributed by atoms with Gasteiger partial charge in [0.2, 0.25) is 0 Å². The molecule has 0 fully saturated rings. The zero-order valence-electron chi connectivity index (χ0n) is 15.1. The minimum Gasteiger partial charge on any atom is -0.0622 e. The molecule has 0 radical (unpaired) electrons. The summed E-state index contributed by atoms with van der Waals surface area (Å²) in [6, 6.07) is 26.3. The van der Waals surface area contributed by atoms with Gasteiger partial charge in [-0.3, -0.25) is 0 Å². The second kappa shape index (κ2) is 7.05. The fourth-order valence-corrected chi connectivity index (χ4v) is 3.78. The molecule has 0 bridgehead atoms. The van der Waals surface area contributed by atoms with E-state index in [0.29, 0.717) is 11.8 Å². The van der Waals surface area contributed by atoms with Crippen LogP contribution in [0.15, 0.2) is 72.8 Å². The van der Waals surface area contributed by atoms with Crippen molar-refractivity contribution in [3.8, 4) is 0 Å². The van der Waals surface area contributed by atoms with Crippen LogP contribution in [-0.4, -0.2) is 0 Å². The maximum absolute atomic E-state index is 2.37. The van der Waals surface area contributed by atoms with Gasteiger partial charge in [0, 0.05) is 11.8 Å². The first-order valence-electron chi connectivity index (χ1n) is 8.79. The van der Waals surface area contributed by atoms with E-state index in [4.69, 9.17) is 0 Å². The van der Waals surface area contributed by atoms with Gasteiger partial charge in [0.25, 0.3) is 0 Å². The number of hydrogen-bond acceptors (Lipinski definition) is 0. The molecule has 2 unspecified atom stereocenters. The lowest BCUT2D eigenvalue weighted by atomic mass is 9.83. The lowest BCUT2D eigenvalue weighted by Gasteiger charge is -2.21. The highest BCUT2D eigenvalue weighted by Crippen LogP contribution is 2.33. The van der Waals surface area contributed by atoms with Crippen LogP contribution in [0.2, 0.25) is 0 Å². The number of benzene rings is 3. The maximum Gasteiger partial charge on any atom is 0.00662 e. The zero-order chi connectivity index (χ0) is 17.1. The van der Waals surface area contributed by atoms with E-state index in [9.17, 15) is 0 Å². The summed E-state index contributed by atoms with van der Waals surface area (Å²) in [5.74, 6) is 0.844. The molecule has 0 aliphatic rings. The summed E-state index contributed by atoms with van der Waals surface area (Å²) in [5, 5.41) is 0. The molecule has 0 heteroatoms. The highest BCUT2D eigenvalue weighted by molar-refractivity contribution is 5.46. The van der Waals surface area contributed by atoms with Crippen LogP contribution in [0, 0.1) is 13.8 Å². The smallest absolute Gasteiger partial charge is 0.00662 e. The van der Waals surface area contributed by atoms with Crippen LogP contribution in [-0.2, 0) is 0 Å². The highest BCUT2D eigenvalue weighted by atomic mass is 14.2. The molecule has 3 aromatic rings. The molecule has 24 heavy (non-hydrogen) atoms. The minimum absolute atomic E-state index is 0.421. The van der Waals surface area contributed by atoms with Crippen molar-refractivity contribution in [2.75, 3.05) is 0 Å². The van der Waals surface area contributed by atoms with Gasteiger partial charge in [-0.1, -0.05) is 86.6 Å². The van der Waals surface area contributed by atoms with E-state index in [1.165, 1.54) is 33.4 Å². The molecule has 3 rings (SSSR count). The summed E-state index contributed by atoms with van der Waals surface area (Å²) in [6.45, 7) is 9.11. The second-order valence-electron chi connectivity index (χ2n) is 6.83. The van der Waals surface area contributed by atoms with Crippen LogP contribution in [0.25, 0.3) is 0 Å². The van der Waals surface area contributed by atoms with Crippen molar-refractivity contribution in [2.45, 2.75) is 39.5 Å². The Morgan fingerprint density at radius 2 is 0.958 bits per heavy atom. The Labute approximate surface area is 146 Å². The third kappa shape index (κ3) is 3.28. The fraction of sp³-hybridized carbons (Fsp3) is 0.250. The third-order valence-electron chi connectivity index (χ3n) is 5.15. The van der Waals surface area contributed by atoms with E-state index >= 15 is 0 Å². The quantitative estimate of drug-likeness (QED) is 0.508. The summed E-state index contributed by atoms with van der Waals surface area (Å²) in [6.07, 6.45) is 0. The van der Waals surface area contributed by atoms with Crippen molar-refractivity contribution in [1.29, 1.82) is 0 Å². The summed E-state index contributed by atoms with van der Waals surface area (Å²) in [4.78, 5) is 0. The van der Waals surface area contributed by atoms with E-state index in [1.807, 2.05) is 0 Å². The Bertz CT molecular complexity index is 777. The van der Waals surface area contributed by atoms with E-state index in [2.05, 4.69) is 100 Å². The molecule has 3 aromatic carbocycles. The molecule has 0 aliphatic heterocycles. The van der Waals surface area contributed by atoms with Gasteiger partial charge in [-0.05, 0) is 47.2 Å². The van der Waals surface area contributed by atoms with Crippen LogP contribution in [0.4, 0.5) is 0 Å². The largest absolute Gasteiger partial charge is 0.0622 e. The van der Waals surface area contributed by atoms with Gasteiger partial charge >= 0.3 is 0 Å². The molecule has 0 aromatic heterocycles.